The van der Waals surface area contributed by atoms with Crippen molar-refractivity contribution in [2.24, 2.45) is 0 Å². The van der Waals surface area contributed by atoms with Gasteiger partial charge in [-0.3, -0.25) is 0 Å². The van der Waals surface area contributed by atoms with Crippen molar-refractivity contribution < 1.29 is 9.47 Å². The van der Waals surface area contributed by atoms with E-state index in [0.717, 1.165) is 45.5 Å². The van der Waals surface area contributed by atoms with E-state index in [-0.39, 0.29) is 0 Å². The van der Waals surface area contributed by atoms with E-state index in [1.165, 1.54) is 0 Å². The molecule has 0 aromatic heterocycles. The second-order valence-corrected chi connectivity index (χ2v) is 6.10. The van der Waals surface area contributed by atoms with E-state index in [2.05, 4.69) is 0 Å². The van der Waals surface area contributed by atoms with Gasteiger partial charge in [0.2, 0.25) is 0 Å². The van der Waals surface area contributed by atoms with Gasteiger partial charge in [0.05, 0.1) is 13.2 Å². The molecule has 0 unspecified atom stereocenters. The number of rotatable bonds is 7. The van der Waals surface area contributed by atoms with Gasteiger partial charge in [-0.2, -0.15) is 0 Å². The van der Waals surface area contributed by atoms with Crippen LogP contribution >= 0.6 is 23.2 Å². The normalized spacial score (nSPS) is 9.38. The van der Waals surface area contributed by atoms with Crippen molar-refractivity contribution in [2.45, 2.75) is 54.4 Å². The molecule has 4 heteroatoms. The summed E-state index contributed by atoms with van der Waals surface area (Å²) in [5, 5.41) is 1.47. The second-order valence-electron chi connectivity index (χ2n) is 5.22. The Labute approximate surface area is 169 Å². The highest BCUT2D eigenvalue weighted by atomic mass is 35.5. The van der Waals surface area contributed by atoms with Crippen molar-refractivity contribution in [3.05, 3.63) is 57.6 Å². The van der Waals surface area contributed by atoms with E-state index in [4.69, 9.17) is 32.7 Å². The zero-order valence-corrected chi connectivity index (χ0v) is 18.4. The van der Waals surface area contributed by atoms with Gasteiger partial charge in [-0.25, -0.2) is 0 Å². The van der Waals surface area contributed by atoms with Crippen molar-refractivity contribution in [1.29, 1.82) is 0 Å². The van der Waals surface area contributed by atoms with Crippen LogP contribution in [0.1, 0.15) is 51.7 Å². The predicted octanol–water partition coefficient (Wildman–Crippen LogP) is 7.90. The van der Waals surface area contributed by atoms with E-state index < -0.39 is 0 Å². The summed E-state index contributed by atoms with van der Waals surface area (Å²) in [6.07, 6.45) is 1.88. The molecule has 2 rings (SSSR count). The van der Waals surface area contributed by atoms with Crippen molar-refractivity contribution in [1.82, 2.24) is 0 Å². The summed E-state index contributed by atoms with van der Waals surface area (Å²) in [6, 6.07) is 11.3. The van der Waals surface area contributed by atoms with Gasteiger partial charge in [0.1, 0.15) is 11.5 Å². The number of ether oxygens (including phenoxy) is 2. The van der Waals surface area contributed by atoms with Gasteiger partial charge in [-0.05, 0) is 74.2 Å². The lowest BCUT2D eigenvalue weighted by atomic mass is 10.2. The molecule has 0 atom stereocenters. The first kappa shape index (κ1) is 24.6. The molecule has 2 aromatic carbocycles. The van der Waals surface area contributed by atoms with Gasteiger partial charge in [-0.15, -0.1) is 0 Å². The lowest BCUT2D eigenvalue weighted by Gasteiger charge is -2.11. The van der Waals surface area contributed by atoms with Crippen molar-refractivity contribution in [2.75, 3.05) is 13.2 Å². The zero-order valence-electron chi connectivity index (χ0n) is 16.9. The molecule has 0 fully saturated rings. The Bertz CT molecular complexity index is 572. The minimum atomic E-state index is 0.672. The average Bonchev–Trinajstić information content (AvgIpc) is 2.64. The summed E-state index contributed by atoms with van der Waals surface area (Å²) >= 11 is 11.8. The summed E-state index contributed by atoms with van der Waals surface area (Å²) in [5.74, 6) is 1.78. The Morgan fingerprint density at radius 3 is 1.31 bits per heavy atom. The molecule has 0 aliphatic heterocycles. The monoisotopic (exact) mass is 398 g/mol. The Balaban J connectivity index is 0.00000146. The van der Waals surface area contributed by atoms with Crippen LogP contribution in [-0.4, -0.2) is 13.2 Å². The number of unbranched alkanes of at least 4 members (excludes halogenated alkanes) is 1. The van der Waals surface area contributed by atoms with Crippen LogP contribution < -0.4 is 9.47 Å². The molecule has 0 saturated carbocycles. The first-order valence-electron chi connectivity index (χ1n) is 9.34. The third-order valence-corrected chi connectivity index (χ3v) is 3.80. The van der Waals surface area contributed by atoms with Gasteiger partial charge in [0, 0.05) is 10.0 Å². The van der Waals surface area contributed by atoms with E-state index in [1.807, 2.05) is 77.9 Å². The summed E-state index contributed by atoms with van der Waals surface area (Å²) in [7, 11) is 0. The quantitative estimate of drug-likeness (QED) is 0.441. The Hall–Kier alpha value is -1.38. The van der Waals surface area contributed by atoms with Crippen LogP contribution in [0, 0.1) is 13.8 Å². The summed E-state index contributed by atoms with van der Waals surface area (Å²) in [5.41, 5.74) is 2.11. The average molecular weight is 399 g/mol. The molecule has 0 heterocycles. The predicted molar refractivity (Wildman–Crippen MR) is 115 cm³/mol. The van der Waals surface area contributed by atoms with Gasteiger partial charge < -0.3 is 9.47 Å². The molecule has 0 spiro atoms. The van der Waals surface area contributed by atoms with E-state index in [9.17, 15) is 0 Å². The first-order chi connectivity index (χ1) is 12.6. The molecule has 0 aliphatic rings. The smallest absolute Gasteiger partial charge is 0.122 e. The maximum atomic E-state index is 5.92. The van der Waals surface area contributed by atoms with Crippen molar-refractivity contribution in [3.8, 4) is 11.5 Å². The first-order valence-corrected chi connectivity index (χ1v) is 10.1. The molecule has 0 radical (unpaired) electrons. The molecule has 0 bridgehead atoms. The molecule has 146 valence electrons. The molecule has 0 N–H and O–H groups in total. The number of benzene rings is 2. The highest BCUT2D eigenvalue weighted by molar-refractivity contribution is 6.30. The maximum absolute atomic E-state index is 5.92. The standard InChI is InChI=1S/C18H20Cl2O2.2C2H6/c1-13-11-15(19)5-7-17(13)21-9-3-4-10-22-18-8-6-16(20)12-14(18)2;2*1-2/h5-8,11-12H,3-4,9-10H2,1-2H3;2*1-2H3. The van der Waals surface area contributed by atoms with Crippen LogP contribution in [-0.2, 0) is 0 Å². The lowest BCUT2D eigenvalue weighted by Crippen LogP contribution is -2.03. The molecular weight excluding hydrogens is 367 g/mol. The van der Waals surface area contributed by atoms with Crippen LogP contribution in [0.4, 0.5) is 0 Å². The topological polar surface area (TPSA) is 18.5 Å². The van der Waals surface area contributed by atoms with Crippen molar-refractivity contribution in [3.63, 3.8) is 0 Å². The van der Waals surface area contributed by atoms with E-state index in [0.29, 0.717) is 13.2 Å². The van der Waals surface area contributed by atoms with Gasteiger partial charge in [-0.1, -0.05) is 50.9 Å². The highest BCUT2D eigenvalue weighted by Crippen LogP contribution is 2.23. The SMILES string of the molecule is CC.CC.Cc1cc(Cl)ccc1OCCCCOc1ccc(Cl)cc1C. The number of aryl methyl sites for hydroxylation is 2. The van der Waals surface area contributed by atoms with Gasteiger partial charge >= 0.3 is 0 Å². The van der Waals surface area contributed by atoms with Crippen LogP contribution in [0.3, 0.4) is 0 Å². The summed E-state index contributed by atoms with van der Waals surface area (Å²) in [6.45, 7) is 13.3. The Morgan fingerprint density at radius 1 is 0.654 bits per heavy atom. The van der Waals surface area contributed by atoms with Crippen LogP contribution in [0.15, 0.2) is 36.4 Å². The largest absolute Gasteiger partial charge is 0.493 e. The molecule has 2 aromatic rings. The van der Waals surface area contributed by atoms with Crippen LogP contribution in [0.2, 0.25) is 10.0 Å². The summed E-state index contributed by atoms with van der Waals surface area (Å²) < 4.78 is 11.5. The van der Waals surface area contributed by atoms with E-state index >= 15 is 0 Å². The third kappa shape index (κ3) is 9.35. The molecular formula is C22H32Cl2O2. The molecule has 26 heavy (non-hydrogen) atoms. The maximum Gasteiger partial charge on any atom is 0.122 e. The second kappa shape index (κ2) is 14.8. The van der Waals surface area contributed by atoms with E-state index in [1.54, 1.807) is 0 Å². The fourth-order valence-corrected chi connectivity index (χ4v) is 2.57. The Kier molecular flexibility index (Phi) is 14.0. The number of halogens is 2. The molecule has 0 aliphatic carbocycles. The zero-order chi connectivity index (χ0) is 19.9. The minimum absolute atomic E-state index is 0.672. The van der Waals surface area contributed by atoms with Gasteiger partial charge in [0.25, 0.3) is 0 Å². The van der Waals surface area contributed by atoms with Gasteiger partial charge in [0.15, 0.2) is 0 Å². The highest BCUT2D eigenvalue weighted by Gasteiger charge is 2.02. The lowest BCUT2D eigenvalue weighted by molar-refractivity contribution is 0.265. The molecule has 0 amide bonds. The molecule has 2 nitrogen and oxygen atoms in total. The number of hydrogen-bond donors (Lipinski definition) is 0. The van der Waals surface area contributed by atoms with Crippen molar-refractivity contribution >= 4 is 23.2 Å². The Morgan fingerprint density at radius 2 is 1.00 bits per heavy atom. The third-order valence-electron chi connectivity index (χ3n) is 3.33. The molecule has 0 saturated heterocycles. The van der Waals surface area contributed by atoms with Crippen LogP contribution in [0.25, 0.3) is 0 Å². The number of hydrogen-bond acceptors (Lipinski definition) is 2. The fraction of sp³-hybridized carbons (Fsp3) is 0.455. The summed E-state index contributed by atoms with van der Waals surface area (Å²) in [4.78, 5) is 0. The minimum Gasteiger partial charge on any atom is -0.493 e. The van der Waals surface area contributed by atoms with Crippen LogP contribution in [0.5, 0.6) is 11.5 Å². The fourth-order valence-electron chi connectivity index (χ4n) is 2.12.